The van der Waals surface area contributed by atoms with E-state index in [1.807, 2.05) is 24.3 Å². The zero-order valence-electron chi connectivity index (χ0n) is 24.9. The fourth-order valence-electron chi connectivity index (χ4n) is 3.66. The maximum Gasteiger partial charge on any atom is 0.322 e. The number of esters is 1. The van der Waals surface area contributed by atoms with Crippen LogP contribution in [0.25, 0.3) is 0 Å². The molecule has 0 spiro atoms. The SMILES string of the molecule is CC/C=C\C/C=C\C/C=C\CCCCCC(=O)OC(/C=C\C/C=C\CC)/C=C\CCCCCC(=O)NCC(=O)O. The van der Waals surface area contributed by atoms with Crippen molar-refractivity contribution in [2.24, 2.45) is 0 Å². The van der Waals surface area contributed by atoms with Crippen molar-refractivity contribution in [3.05, 3.63) is 72.9 Å². The first kappa shape index (κ1) is 36.8. The molecule has 0 saturated heterocycles. The number of hydrogen-bond donors (Lipinski definition) is 2. The van der Waals surface area contributed by atoms with Crippen LogP contribution in [0.1, 0.15) is 110 Å². The molecule has 6 heteroatoms. The van der Waals surface area contributed by atoms with Gasteiger partial charge in [-0.25, -0.2) is 0 Å². The van der Waals surface area contributed by atoms with Crippen LogP contribution in [0, 0.1) is 0 Å². The lowest BCUT2D eigenvalue weighted by atomic mass is 10.1. The zero-order valence-corrected chi connectivity index (χ0v) is 24.9. The van der Waals surface area contributed by atoms with Gasteiger partial charge in [-0.2, -0.15) is 0 Å². The molecule has 0 radical (unpaired) electrons. The molecule has 0 aliphatic heterocycles. The van der Waals surface area contributed by atoms with E-state index in [2.05, 4.69) is 67.8 Å². The number of carboxylic acids is 1. The molecule has 2 N–H and O–H groups in total. The average Bonchev–Trinajstić information content (AvgIpc) is 2.93. The van der Waals surface area contributed by atoms with Crippen molar-refractivity contribution in [2.75, 3.05) is 6.54 Å². The van der Waals surface area contributed by atoms with Crippen molar-refractivity contribution in [3.8, 4) is 0 Å². The lowest BCUT2D eigenvalue weighted by Gasteiger charge is -2.11. The summed E-state index contributed by atoms with van der Waals surface area (Å²) in [7, 11) is 0. The molecule has 0 fully saturated rings. The van der Waals surface area contributed by atoms with Crippen LogP contribution in [0.5, 0.6) is 0 Å². The topological polar surface area (TPSA) is 92.7 Å². The number of carbonyl (C=O) groups is 3. The average molecular weight is 556 g/mol. The molecule has 0 saturated carbocycles. The summed E-state index contributed by atoms with van der Waals surface area (Å²) >= 11 is 0. The normalized spacial score (nSPS) is 13.1. The first-order chi connectivity index (χ1) is 19.5. The second kappa shape index (κ2) is 28.8. The van der Waals surface area contributed by atoms with Crippen LogP contribution in [-0.2, 0) is 19.1 Å². The van der Waals surface area contributed by atoms with Gasteiger partial charge in [-0.1, -0.05) is 87.4 Å². The molecule has 0 aromatic rings. The van der Waals surface area contributed by atoms with Gasteiger partial charge in [0.05, 0.1) is 0 Å². The van der Waals surface area contributed by atoms with Crippen molar-refractivity contribution in [2.45, 2.75) is 116 Å². The molecule has 0 aliphatic rings. The van der Waals surface area contributed by atoms with Crippen molar-refractivity contribution in [1.29, 1.82) is 0 Å². The zero-order chi connectivity index (χ0) is 29.5. The highest BCUT2D eigenvalue weighted by atomic mass is 16.5. The van der Waals surface area contributed by atoms with Crippen LogP contribution in [0.15, 0.2) is 72.9 Å². The molecule has 1 unspecified atom stereocenters. The Morgan fingerprint density at radius 3 is 1.80 bits per heavy atom. The smallest absolute Gasteiger partial charge is 0.322 e. The Kier molecular flexibility index (Phi) is 26.6. The molecule has 6 nitrogen and oxygen atoms in total. The molecule has 0 aromatic carbocycles. The summed E-state index contributed by atoms with van der Waals surface area (Å²) in [5, 5.41) is 11.0. The number of carboxylic acid groups (broad SMARTS) is 1. The van der Waals surface area contributed by atoms with E-state index in [0.29, 0.717) is 19.3 Å². The largest absolute Gasteiger partial charge is 0.480 e. The predicted octanol–water partition coefficient (Wildman–Crippen LogP) is 8.33. The Balaban J connectivity index is 4.27. The third-order valence-electron chi connectivity index (χ3n) is 5.84. The van der Waals surface area contributed by atoms with E-state index in [-0.39, 0.29) is 24.5 Å². The quantitative estimate of drug-likeness (QED) is 0.0671. The van der Waals surface area contributed by atoms with E-state index >= 15 is 0 Å². The summed E-state index contributed by atoms with van der Waals surface area (Å²) in [6.07, 6.45) is 37.8. The first-order valence-electron chi connectivity index (χ1n) is 15.1. The molecular formula is C34H53NO5. The Bertz CT molecular complexity index is 835. The van der Waals surface area contributed by atoms with Gasteiger partial charge in [0.15, 0.2) is 0 Å². The summed E-state index contributed by atoms with van der Waals surface area (Å²) in [4.78, 5) is 34.4. The maximum absolute atomic E-state index is 12.4. The van der Waals surface area contributed by atoms with Gasteiger partial charge in [-0.05, 0) is 82.8 Å². The van der Waals surface area contributed by atoms with E-state index in [0.717, 1.165) is 77.0 Å². The van der Waals surface area contributed by atoms with Crippen molar-refractivity contribution in [1.82, 2.24) is 5.32 Å². The molecule has 1 atom stereocenters. The highest BCUT2D eigenvalue weighted by Crippen LogP contribution is 2.10. The van der Waals surface area contributed by atoms with E-state index in [9.17, 15) is 14.4 Å². The Morgan fingerprint density at radius 1 is 0.650 bits per heavy atom. The summed E-state index contributed by atoms with van der Waals surface area (Å²) in [6, 6.07) is 0. The Hall–Kier alpha value is -3.15. The standard InChI is InChI=1S/C34H53NO5/c1-3-5-7-9-10-11-12-13-14-15-16-21-25-29-34(39)40-31(26-22-18-8-6-4-2)27-23-19-17-20-24-28-32(36)35-30-33(37)38/h5-8,10-11,13-14,22-23,26-27,31H,3-4,9,12,15-21,24-25,28-30H2,1-2H3,(H,35,36)(H,37,38)/b7-5-,8-6-,11-10-,14-13-,26-22-,27-23-. The number of amides is 1. The van der Waals surface area contributed by atoms with Gasteiger partial charge < -0.3 is 15.2 Å². The molecule has 0 aliphatic carbocycles. The van der Waals surface area contributed by atoms with Gasteiger partial charge in [0.25, 0.3) is 0 Å². The van der Waals surface area contributed by atoms with Crippen LogP contribution in [0.3, 0.4) is 0 Å². The molecule has 0 bridgehead atoms. The second-order valence-corrected chi connectivity index (χ2v) is 9.59. The fourth-order valence-corrected chi connectivity index (χ4v) is 3.66. The van der Waals surface area contributed by atoms with Gasteiger partial charge in [0, 0.05) is 12.8 Å². The molecular weight excluding hydrogens is 502 g/mol. The summed E-state index contributed by atoms with van der Waals surface area (Å²) in [5.41, 5.74) is 0. The summed E-state index contributed by atoms with van der Waals surface area (Å²) < 4.78 is 5.71. The monoisotopic (exact) mass is 555 g/mol. The molecule has 1 amide bonds. The van der Waals surface area contributed by atoms with Crippen molar-refractivity contribution < 1.29 is 24.2 Å². The molecule has 0 aromatic heterocycles. The van der Waals surface area contributed by atoms with Crippen LogP contribution < -0.4 is 5.32 Å². The van der Waals surface area contributed by atoms with Gasteiger partial charge in [-0.3, -0.25) is 14.4 Å². The molecule has 0 heterocycles. The molecule has 224 valence electrons. The fraction of sp³-hybridized carbons (Fsp3) is 0.559. The van der Waals surface area contributed by atoms with Crippen molar-refractivity contribution in [3.63, 3.8) is 0 Å². The summed E-state index contributed by atoms with van der Waals surface area (Å²) in [6.45, 7) is 3.90. The first-order valence-corrected chi connectivity index (χ1v) is 15.1. The minimum atomic E-state index is -1.04. The number of rotatable bonds is 25. The van der Waals surface area contributed by atoms with E-state index in [1.54, 1.807) is 0 Å². The van der Waals surface area contributed by atoms with Crippen LogP contribution >= 0.6 is 0 Å². The van der Waals surface area contributed by atoms with Gasteiger partial charge in [0.1, 0.15) is 12.6 Å². The van der Waals surface area contributed by atoms with E-state index < -0.39 is 5.97 Å². The highest BCUT2D eigenvalue weighted by molar-refractivity contribution is 5.80. The van der Waals surface area contributed by atoms with Crippen LogP contribution in [0.4, 0.5) is 0 Å². The highest BCUT2D eigenvalue weighted by Gasteiger charge is 2.08. The maximum atomic E-state index is 12.4. The number of ether oxygens (including phenoxy) is 1. The summed E-state index contributed by atoms with van der Waals surface area (Å²) in [5.74, 6) is -1.45. The number of aliphatic carboxylic acids is 1. The minimum Gasteiger partial charge on any atom is -0.480 e. The third-order valence-corrected chi connectivity index (χ3v) is 5.84. The lowest BCUT2D eigenvalue weighted by Crippen LogP contribution is -2.28. The number of hydrogen-bond acceptors (Lipinski definition) is 4. The minimum absolute atomic E-state index is 0.173. The number of allylic oxidation sites excluding steroid dienone is 10. The second-order valence-electron chi connectivity index (χ2n) is 9.59. The van der Waals surface area contributed by atoms with Crippen LogP contribution in [0.2, 0.25) is 0 Å². The third kappa shape index (κ3) is 27.9. The Morgan fingerprint density at radius 2 is 1.18 bits per heavy atom. The molecule has 40 heavy (non-hydrogen) atoms. The predicted molar refractivity (Wildman–Crippen MR) is 166 cm³/mol. The van der Waals surface area contributed by atoms with Gasteiger partial charge >= 0.3 is 11.9 Å². The Labute approximate surface area is 243 Å². The number of unbranched alkanes of at least 4 members (excludes halogenated alkanes) is 6. The number of carbonyl (C=O) groups excluding carboxylic acids is 2. The van der Waals surface area contributed by atoms with E-state index in [4.69, 9.17) is 9.84 Å². The molecule has 0 rings (SSSR count). The van der Waals surface area contributed by atoms with Crippen molar-refractivity contribution >= 4 is 17.8 Å². The van der Waals surface area contributed by atoms with Gasteiger partial charge in [0.2, 0.25) is 5.91 Å². The van der Waals surface area contributed by atoms with Gasteiger partial charge in [-0.15, -0.1) is 0 Å². The van der Waals surface area contributed by atoms with E-state index in [1.165, 1.54) is 0 Å². The lowest BCUT2D eigenvalue weighted by molar-refractivity contribution is -0.145. The number of nitrogens with one attached hydrogen (secondary N) is 1. The van der Waals surface area contributed by atoms with Crippen LogP contribution in [-0.4, -0.2) is 35.6 Å².